The highest BCUT2D eigenvalue weighted by Crippen LogP contribution is 2.19. The van der Waals surface area contributed by atoms with Crippen molar-refractivity contribution in [2.45, 2.75) is 6.54 Å². The van der Waals surface area contributed by atoms with Gasteiger partial charge in [0.15, 0.2) is 0 Å². The van der Waals surface area contributed by atoms with Crippen LogP contribution in [0.2, 0.25) is 0 Å². The molecule has 0 saturated heterocycles. The number of hydrogen-bond acceptors (Lipinski definition) is 5. The molecule has 0 atom stereocenters. The van der Waals surface area contributed by atoms with Crippen LogP contribution in [-0.4, -0.2) is 15.0 Å². The first-order valence-corrected chi connectivity index (χ1v) is 4.69. The lowest BCUT2D eigenvalue weighted by atomic mass is 10.4. The highest BCUT2D eigenvalue weighted by atomic mass is 35.5. The van der Waals surface area contributed by atoms with Crippen LogP contribution in [0, 0.1) is 0 Å². The van der Waals surface area contributed by atoms with E-state index in [9.17, 15) is 0 Å². The molecule has 0 fully saturated rings. The van der Waals surface area contributed by atoms with E-state index in [0.29, 0.717) is 6.54 Å². The normalized spacial score (nSPS) is 9.50. The molecule has 0 aliphatic rings. The number of aromatic nitrogens is 3. The first-order valence-electron chi connectivity index (χ1n) is 3.81. The minimum absolute atomic E-state index is 0. The molecule has 0 amide bonds. The second-order valence-corrected chi connectivity index (χ2v) is 3.30. The third-order valence-corrected chi connectivity index (χ3v) is 2.46. The van der Waals surface area contributed by atoms with Gasteiger partial charge in [0.2, 0.25) is 0 Å². The predicted molar refractivity (Wildman–Crippen MR) is 58.3 cm³/mol. The van der Waals surface area contributed by atoms with Gasteiger partial charge in [-0.15, -0.1) is 23.7 Å². The molecule has 6 heteroatoms. The SMILES string of the molecule is Cl.NCc1csc(-c2cnccn2)n1. The van der Waals surface area contributed by atoms with Gasteiger partial charge < -0.3 is 5.73 Å². The van der Waals surface area contributed by atoms with Gasteiger partial charge in [0.1, 0.15) is 10.7 Å². The predicted octanol–water partition coefficient (Wildman–Crippen LogP) is 1.48. The smallest absolute Gasteiger partial charge is 0.143 e. The summed E-state index contributed by atoms with van der Waals surface area (Å²) in [5, 5.41) is 2.80. The van der Waals surface area contributed by atoms with Gasteiger partial charge in [-0.2, -0.15) is 0 Å². The Morgan fingerprint density at radius 3 is 2.79 bits per heavy atom. The Bertz CT molecular complexity index is 389. The van der Waals surface area contributed by atoms with E-state index in [4.69, 9.17) is 5.73 Å². The number of nitrogens with zero attached hydrogens (tertiary/aromatic N) is 3. The quantitative estimate of drug-likeness (QED) is 0.846. The molecule has 0 aliphatic carbocycles. The molecule has 2 rings (SSSR count). The average Bonchev–Trinajstić information content (AvgIpc) is 2.67. The van der Waals surface area contributed by atoms with Gasteiger partial charge in [-0.1, -0.05) is 0 Å². The van der Waals surface area contributed by atoms with E-state index < -0.39 is 0 Å². The van der Waals surface area contributed by atoms with Gasteiger partial charge in [-0.05, 0) is 0 Å². The van der Waals surface area contributed by atoms with Gasteiger partial charge in [0, 0.05) is 24.3 Å². The van der Waals surface area contributed by atoms with Crippen LogP contribution in [0.1, 0.15) is 5.69 Å². The summed E-state index contributed by atoms with van der Waals surface area (Å²) in [7, 11) is 0. The monoisotopic (exact) mass is 228 g/mol. The zero-order chi connectivity index (χ0) is 9.10. The van der Waals surface area contributed by atoms with Gasteiger partial charge >= 0.3 is 0 Å². The van der Waals surface area contributed by atoms with Gasteiger partial charge in [0.05, 0.1) is 11.9 Å². The van der Waals surface area contributed by atoms with Crippen LogP contribution in [0.4, 0.5) is 0 Å². The molecule has 2 N–H and O–H groups in total. The van der Waals surface area contributed by atoms with Crippen molar-refractivity contribution < 1.29 is 0 Å². The highest BCUT2D eigenvalue weighted by molar-refractivity contribution is 7.13. The minimum Gasteiger partial charge on any atom is -0.325 e. The van der Waals surface area contributed by atoms with Crippen molar-refractivity contribution in [2.24, 2.45) is 5.73 Å². The van der Waals surface area contributed by atoms with Crippen molar-refractivity contribution in [1.29, 1.82) is 0 Å². The largest absolute Gasteiger partial charge is 0.325 e. The summed E-state index contributed by atoms with van der Waals surface area (Å²) in [6.07, 6.45) is 4.99. The Kier molecular flexibility index (Phi) is 3.94. The molecule has 2 heterocycles. The fourth-order valence-electron chi connectivity index (χ4n) is 0.928. The van der Waals surface area contributed by atoms with E-state index in [1.54, 1.807) is 18.6 Å². The van der Waals surface area contributed by atoms with Crippen molar-refractivity contribution in [3.63, 3.8) is 0 Å². The fraction of sp³-hybridized carbons (Fsp3) is 0.125. The number of hydrogen-bond donors (Lipinski definition) is 1. The summed E-state index contributed by atoms with van der Waals surface area (Å²) in [6.45, 7) is 0.469. The summed E-state index contributed by atoms with van der Waals surface area (Å²) in [4.78, 5) is 12.4. The molecule has 0 unspecified atom stereocenters. The van der Waals surface area contributed by atoms with Gasteiger partial charge in [-0.3, -0.25) is 9.97 Å². The maximum atomic E-state index is 5.45. The van der Waals surface area contributed by atoms with Crippen molar-refractivity contribution in [3.8, 4) is 10.7 Å². The van der Waals surface area contributed by atoms with Crippen molar-refractivity contribution in [1.82, 2.24) is 15.0 Å². The van der Waals surface area contributed by atoms with Crippen LogP contribution < -0.4 is 5.73 Å². The summed E-state index contributed by atoms with van der Waals surface area (Å²) in [5.74, 6) is 0. The first-order chi connectivity index (χ1) is 6.40. The minimum atomic E-state index is 0. The zero-order valence-corrected chi connectivity index (χ0v) is 8.88. The van der Waals surface area contributed by atoms with Crippen molar-refractivity contribution in [3.05, 3.63) is 29.7 Å². The molecule has 2 aromatic rings. The number of nitrogens with two attached hydrogens (primary N) is 1. The Morgan fingerprint density at radius 1 is 1.36 bits per heavy atom. The lowest BCUT2D eigenvalue weighted by Gasteiger charge is -1.91. The summed E-state index contributed by atoms with van der Waals surface area (Å²) < 4.78 is 0. The number of rotatable bonds is 2. The molecule has 0 radical (unpaired) electrons. The zero-order valence-electron chi connectivity index (χ0n) is 7.25. The summed E-state index contributed by atoms with van der Waals surface area (Å²) in [6, 6.07) is 0. The van der Waals surface area contributed by atoms with E-state index in [1.807, 2.05) is 5.38 Å². The molecule has 14 heavy (non-hydrogen) atoms. The Labute approximate surface area is 91.6 Å². The molecule has 2 aromatic heterocycles. The fourth-order valence-corrected chi connectivity index (χ4v) is 1.72. The second-order valence-electron chi connectivity index (χ2n) is 2.44. The second kappa shape index (κ2) is 4.99. The third kappa shape index (κ3) is 2.25. The molecular formula is C8H9ClN4S. The molecule has 0 bridgehead atoms. The Morgan fingerprint density at radius 2 is 2.21 bits per heavy atom. The summed E-state index contributed by atoms with van der Waals surface area (Å²) >= 11 is 1.53. The summed E-state index contributed by atoms with van der Waals surface area (Å²) in [5.41, 5.74) is 7.14. The topological polar surface area (TPSA) is 64.7 Å². The molecule has 4 nitrogen and oxygen atoms in total. The van der Waals surface area contributed by atoms with E-state index in [2.05, 4.69) is 15.0 Å². The maximum Gasteiger partial charge on any atom is 0.143 e. The van der Waals surface area contributed by atoms with Crippen molar-refractivity contribution in [2.75, 3.05) is 0 Å². The molecule has 0 aromatic carbocycles. The molecule has 74 valence electrons. The van der Waals surface area contributed by atoms with Crippen LogP contribution in [-0.2, 0) is 6.54 Å². The van der Waals surface area contributed by atoms with Crippen LogP contribution in [0.3, 0.4) is 0 Å². The lowest BCUT2D eigenvalue weighted by molar-refractivity contribution is 1.01. The van der Waals surface area contributed by atoms with Crippen LogP contribution in [0.5, 0.6) is 0 Å². The average molecular weight is 229 g/mol. The molecule has 0 spiro atoms. The van der Waals surface area contributed by atoms with Crippen molar-refractivity contribution >= 4 is 23.7 Å². The highest BCUT2D eigenvalue weighted by Gasteiger charge is 2.03. The molecule has 0 saturated carbocycles. The van der Waals surface area contributed by atoms with E-state index in [-0.39, 0.29) is 12.4 Å². The van der Waals surface area contributed by atoms with E-state index in [0.717, 1.165) is 16.4 Å². The maximum absolute atomic E-state index is 5.45. The standard InChI is InChI=1S/C8H8N4S.ClH/c9-3-6-5-13-8(12-6)7-4-10-1-2-11-7;/h1-2,4-5H,3,9H2;1H. The van der Waals surface area contributed by atoms with E-state index >= 15 is 0 Å². The van der Waals surface area contributed by atoms with Crippen LogP contribution in [0.15, 0.2) is 24.0 Å². The molecule has 0 aliphatic heterocycles. The Balaban J connectivity index is 0.000000980. The third-order valence-electron chi connectivity index (χ3n) is 1.54. The van der Waals surface area contributed by atoms with Gasteiger partial charge in [0.25, 0.3) is 0 Å². The van der Waals surface area contributed by atoms with E-state index in [1.165, 1.54) is 11.3 Å². The number of halogens is 1. The Hall–Kier alpha value is -1.04. The van der Waals surface area contributed by atoms with Crippen LogP contribution >= 0.6 is 23.7 Å². The number of thiazole rings is 1. The lowest BCUT2D eigenvalue weighted by Crippen LogP contribution is -1.95. The van der Waals surface area contributed by atoms with Crippen LogP contribution in [0.25, 0.3) is 10.7 Å². The first kappa shape index (κ1) is 11.0. The van der Waals surface area contributed by atoms with Gasteiger partial charge in [-0.25, -0.2) is 4.98 Å². The molecular weight excluding hydrogens is 220 g/mol.